The zero-order chi connectivity index (χ0) is 43.9. The van der Waals surface area contributed by atoms with E-state index in [2.05, 4.69) is 17.6 Å². The van der Waals surface area contributed by atoms with Gasteiger partial charge in [-0.2, -0.15) is 8.42 Å². The third kappa shape index (κ3) is 13.7. The minimum Gasteiger partial charge on any atom is -0.481 e. The highest BCUT2D eigenvalue weighted by molar-refractivity contribution is 7.86. The highest BCUT2D eigenvalue weighted by Gasteiger charge is 2.38. The van der Waals surface area contributed by atoms with E-state index in [0.29, 0.717) is 45.3 Å². The highest BCUT2D eigenvalue weighted by Crippen LogP contribution is 2.52. The second kappa shape index (κ2) is 23.4. The summed E-state index contributed by atoms with van der Waals surface area (Å²) in [5.74, 6) is -4.51. The van der Waals surface area contributed by atoms with Gasteiger partial charge in [-0.25, -0.2) is 0 Å². The van der Waals surface area contributed by atoms with Crippen molar-refractivity contribution in [2.24, 2.45) is 17.6 Å². The van der Waals surface area contributed by atoms with E-state index in [-0.39, 0.29) is 45.9 Å². The van der Waals surface area contributed by atoms with Gasteiger partial charge in [0.1, 0.15) is 10.7 Å². The maximum Gasteiger partial charge on any atom is 0.347 e. The number of nitrogen functional groups attached to an aromatic ring is 1. The number of carbonyl (C=O) groups is 4. The molecule has 1 fully saturated rings. The first-order chi connectivity index (χ1) is 27.9. The number of benzene rings is 2. The second-order valence-corrected chi connectivity index (χ2v) is 19.1. The SMILES string of the molecule is CCCCCCCCCCCC(N)P(=O)(OCC)OCC.C[C@@H](C(=O)O)[C@@H](C)C(=O)NC1CCC(Nc2cc(S(=O)(=O)O)c(N)c3c2C(=O)c2ccccc2C3=O)CC1. The molecule has 2 aromatic rings. The molecule has 0 saturated heterocycles. The van der Waals surface area contributed by atoms with E-state index >= 15 is 0 Å². The summed E-state index contributed by atoms with van der Waals surface area (Å²) in [4.78, 5) is 49.7. The second-order valence-electron chi connectivity index (χ2n) is 15.4. The Hall–Kier alpha value is -3.66. The van der Waals surface area contributed by atoms with Crippen LogP contribution in [-0.4, -0.2) is 72.6 Å². The molecule has 0 heterocycles. The average molecular weight is 865 g/mol. The predicted molar refractivity (Wildman–Crippen MR) is 228 cm³/mol. The Labute approximate surface area is 349 Å². The molecule has 2 aliphatic rings. The summed E-state index contributed by atoms with van der Waals surface area (Å²) in [5, 5.41) is 15.2. The number of aliphatic carboxylic acids is 1. The fraction of sp³-hybridized carbons (Fsp3) is 0.619. The number of carboxylic acid groups (broad SMARTS) is 1. The Kier molecular flexibility index (Phi) is 19.7. The molecular formula is C42H65N4O11PS. The van der Waals surface area contributed by atoms with Gasteiger partial charge in [-0.15, -0.1) is 0 Å². The molecule has 8 N–H and O–H groups in total. The summed E-state index contributed by atoms with van der Waals surface area (Å²) >= 11 is 0. The van der Waals surface area contributed by atoms with Gasteiger partial charge in [0.15, 0.2) is 11.6 Å². The van der Waals surface area contributed by atoms with E-state index < -0.39 is 63.5 Å². The molecule has 330 valence electrons. The van der Waals surface area contributed by atoms with Gasteiger partial charge >= 0.3 is 13.6 Å². The quantitative estimate of drug-likeness (QED) is 0.0243. The maximum atomic E-state index is 13.4. The molecule has 1 amide bonds. The number of carboxylic acids is 1. The molecule has 15 nitrogen and oxygen atoms in total. The molecule has 0 aliphatic heterocycles. The first-order valence-electron chi connectivity index (χ1n) is 21.0. The Morgan fingerprint density at radius 2 is 1.32 bits per heavy atom. The fourth-order valence-electron chi connectivity index (χ4n) is 7.41. The standard InChI is InChI=1S/C26H29N3O8S.C16H36NO3P/c1-12(13(2)26(33)34)25(32)29-15-9-7-14(8-10-15)28-18-11-19(38(35,36)37)22(27)21-20(18)23(30)16-5-3-4-6-17(16)24(21)31;1-4-7-8-9-10-11-12-13-14-15-16(17)21(18,19-5-2)20-6-3/h3-6,11-15,28H,7-10,27H2,1-2H3,(H,29,32)(H,33,34)(H,35,36,37);16H,4-15,17H2,1-3H3/t12-,13-,14?,15?;/m1./s1. The van der Waals surface area contributed by atoms with Crippen LogP contribution < -0.4 is 22.1 Å². The molecule has 0 aromatic heterocycles. The van der Waals surface area contributed by atoms with Crippen LogP contribution in [0.1, 0.15) is 156 Å². The fourth-order valence-corrected chi connectivity index (χ4v) is 9.73. The zero-order valence-electron chi connectivity index (χ0n) is 35.2. The summed E-state index contributed by atoms with van der Waals surface area (Å²) in [5.41, 5.74) is 11.6. The van der Waals surface area contributed by atoms with Crippen LogP contribution in [0.4, 0.5) is 11.4 Å². The van der Waals surface area contributed by atoms with E-state index in [4.69, 9.17) is 25.6 Å². The maximum absolute atomic E-state index is 13.4. The van der Waals surface area contributed by atoms with Crippen molar-refractivity contribution in [3.63, 3.8) is 0 Å². The Morgan fingerprint density at radius 3 is 1.81 bits per heavy atom. The summed E-state index contributed by atoms with van der Waals surface area (Å²) in [6.07, 6.45) is 14.3. The van der Waals surface area contributed by atoms with E-state index in [1.54, 1.807) is 19.1 Å². The van der Waals surface area contributed by atoms with Crippen molar-refractivity contribution in [1.82, 2.24) is 5.32 Å². The van der Waals surface area contributed by atoms with Gasteiger partial charge in [0, 0.05) is 34.8 Å². The number of anilines is 2. The average Bonchev–Trinajstić information content (AvgIpc) is 3.19. The minimum absolute atomic E-state index is 0.0505. The van der Waals surface area contributed by atoms with Crippen molar-refractivity contribution >= 4 is 52.5 Å². The third-order valence-electron chi connectivity index (χ3n) is 11.1. The molecule has 0 spiro atoms. The van der Waals surface area contributed by atoms with Crippen molar-refractivity contribution in [2.45, 2.75) is 147 Å². The lowest BCUT2D eigenvalue weighted by atomic mass is 9.82. The van der Waals surface area contributed by atoms with E-state index in [9.17, 15) is 36.7 Å². The van der Waals surface area contributed by atoms with Crippen LogP contribution in [0.5, 0.6) is 0 Å². The van der Waals surface area contributed by atoms with Gasteiger partial charge in [-0.05, 0) is 52.0 Å². The van der Waals surface area contributed by atoms with Gasteiger partial charge in [-0.1, -0.05) is 103 Å². The number of hydrogen-bond donors (Lipinski definition) is 6. The number of amides is 1. The molecule has 59 heavy (non-hydrogen) atoms. The number of hydrogen-bond acceptors (Lipinski definition) is 12. The largest absolute Gasteiger partial charge is 0.481 e. The monoisotopic (exact) mass is 864 g/mol. The van der Waals surface area contributed by atoms with E-state index in [0.717, 1.165) is 18.9 Å². The van der Waals surface area contributed by atoms with Crippen LogP contribution in [0.15, 0.2) is 35.2 Å². The van der Waals surface area contributed by atoms with Crippen molar-refractivity contribution < 1.29 is 50.9 Å². The van der Waals surface area contributed by atoms with Crippen LogP contribution in [0.25, 0.3) is 0 Å². The van der Waals surface area contributed by atoms with Crippen LogP contribution in [0, 0.1) is 11.8 Å². The molecule has 0 bridgehead atoms. The molecule has 1 unspecified atom stereocenters. The normalized spacial score (nSPS) is 18.1. The van der Waals surface area contributed by atoms with E-state index in [1.807, 2.05) is 13.8 Å². The first kappa shape index (κ1) is 49.7. The zero-order valence-corrected chi connectivity index (χ0v) is 36.9. The number of fused-ring (bicyclic) bond motifs is 2. The topological polar surface area (TPSA) is 255 Å². The van der Waals surface area contributed by atoms with Crippen LogP contribution in [0.3, 0.4) is 0 Å². The number of nitrogens with two attached hydrogens (primary N) is 2. The molecule has 1 saturated carbocycles. The predicted octanol–water partition coefficient (Wildman–Crippen LogP) is 7.95. The van der Waals surface area contributed by atoms with Crippen LogP contribution in [0.2, 0.25) is 0 Å². The van der Waals surface area contributed by atoms with Gasteiger partial charge in [-0.3, -0.25) is 28.3 Å². The van der Waals surface area contributed by atoms with Crippen molar-refractivity contribution in [3.8, 4) is 0 Å². The van der Waals surface area contributed by atoms with Gasteiger partial charge in [0.05, 0.1) is 35.9 Å². The lowest BCUT2D eigenvalue weighted by Crippen LogP contribution is -2.44. The molecule has 2 aromatic carbocycles. The molecule has 0 radical (unpaired) electrons. The summed E-state index contributed by atoms with van der Waals surface area (Å²) in [6.45, 7) is 9.67. The molecule has 17 heteroatoms. The minimum atomic E-state index is -4.81. The number of unbranched alkanes of at least 4 members (excludes halogenated alkanes) is 8. The highest BCUT2D eigenvalue weighted by atomic mass is 32.2. The van der Waals surface area contributed by atoms with Gasteiger partial charge < -0.3 is 36.3 Å². The number of carbonyl (C=O) groups excluding carboxylic acids is 3. The lowest BCUT2D eigenvalue weighted by molar-refractivity contribution is -0.146. The van der Waals surface area contributed by atoms with Crippen molar-refractivity contribution in [3.05, 3.63) is 52.6 Å². The van der Waals surface area contributed by atoms with Gasteiger partial charge in [0.25, 0.3) is 10.1 Å². The number of nitrogens with one attached hydrogen (secondary N) is 2. The third-order valence-corrected chi connectivity index (χ3v) is 14.3. The molecule has 3 atom stereocenters. The van der Waals surface area contributed by atoms with E-state index in [1.165, 1.54) is 64.0 Å². The number of rotatable bonds is 22. The number of ketones is 2. The van der Waals surface area contributed by atoms with Gasteiger partial charge in [0.2, 0.25) is 5.91 Å². The molecule has 2 aliphatic carbocycles. The molecule has 4 rings (SSSR count). The summed E-state index contributed by atoms with van der Waals surface area (Å²) in [7, 11) is -7.92. The van der Waals surface area contributed by atoms with Crippen molar-refractivity contribution in [1.29, 1.82) is 0 Å². The molecular weight excluding hydrogens is 800 g/mol. The Morgan fingerprint density at radius 1 is 0.831 bits per heavy atom. The summed E-state index contributed by atoms with van der Waals surface area (Å²) < 4.78 is 56.9. The van der Waals surface area contributed by atoms with Crippen LogP contribution in [-0.2, 0) is 33.3 Å². The Bertz CT molecular complexity index is 1910. The van der Waals surface area contributed by atoms with Crippen LogP contribution >= 0.6 is 7.60 Å². The summed E-state index contributed by atoms with van der Waals surface area (Å²) in [6, 6.07) is 6.83. The van der Waals surface area contributed by atoms with Crippen molar-refractivity contribution in [2.75, 3.05) is 24.3 Å². The Balaban J connectivity index is 0.000000378. The lowest BCUT2D eigenvalue weighted by Gasteiger charge is -2.32. The first-order valence-corrected chi connectivity index (χ1v) is 24.0. The smallest absolute Gasteiger partial charge is 0.347 e.